The highest BCUT2D eigenvalue weighted by atomic mass is 35.5. The quantitative estimate of drug-likeness (QED) is 0.531. The molecule has 2 rings (SSSR count). The molecule has 0 aliphatic heterocycles. The number of thiophene rings is 1. The van der Waals surface area contributed by atoms with Gasteiger partial charge in [0.15, 0.2) is 0 Å². The van der Waals surface area contributed by atoms with E-state index in [4.69, 9.17) is 11.6 Å². The third kappa shape index (κ3) is 3.02. The summed E-state index contributed by atoms with van der Waals surface area (Å²) in [5.74, 6) is 0.0985. The Hall–Kier alpha value is -1.99. The van der Waals surface area contributed by atoms with Crippen LogP contribution in [0.15, 0.2) is 35.6 Å². The summed E-state index contributed by atoms with van der Waals surface area (Å²) in [6, 6.07) is 6.39. The van der Waals surface area contributed by atoms with Crippen molar-refractivity contribution in [2.24, 2.45) is 5.10 Å². The number of anilines is 1. The molecular formula is C10H7ClN4O2S. The van der Waals surface area contributed by atoms with Gasteiger partial charge in [-0.25, -0.2) is 4.98 Å². The zero-order chi connectivity index (χ0) is 13.0. The molecule has 2 aromatic rings. The van der Waals surface area contributed by atoms with Crippen molar-refractivity contribution >= 4 is 40.7 Å². The average Bonchev–Trinajstić information content (AvgIpc) is 2.75. The van der Waals surface area contributed by atoms with Crippen LogP contribution in [0.4, 0.5) is 11.5 Å². The second-order valence-corrected chi connectivity index (χ2v) is 4.89. The van der Waals surface area contributed by atoms with E-state index in [2.05, 4.69) is 15.5 Å². The molecule has 6 nitrogen and oxygen atoms in total. The van der Waals surface area contributed by atoms with Crippen LogP contribution in [0, 0.1) is 10.1 Å². The van der Waals surface area contributed by atoms with Gasteiger partial charge < -0.3 is 0 Å². The molecule has 8 heteroatoms. The van der Waals surface area contributed by atoms with Crippen molar-refractivity contribution in [1.29, 1.82) is 0 Å². The molecule has 0 radical (unpaired) electrons. The fraction of sp³-hybridized carbons (Fsp3) is 0. The molecule has 0 unspecified atom stereocenters. The maximum absolute atomic E-state index is 10.7. The molecule has 2 aromatic heterocycles. The molecule has 92 valence electrons. The highest BCUT2D eigenvalue weighted by Crippen LogP contribution is 2.21. The summed E-state index contributed by atoms with van der Waals surface area (Å²) in [5, 5.41) is 14.6. The van der Waals surface area contributed by atoms with E-state index in [-0.39, 0.29) is 11.5 Å². The molecule has 0 saturated carbocycles. The maximum atomic E-state index is 10.7. The first-order valence-corrected chi connectivity index (χ1v) is 6.00. The van der Waals surface area contributed by atoms with Crippen LogP contribution in [0.2, 0.25) is 4.34 Å². The predicted octanol–water partition coefficient (Wildman–Crippen LogP) is 3.15. The van der Waals surface area contributed by atoms with Gasteiger partial charge in [0.05, 0.1) is 15.5 Å². The van der Waals surface area contributed by atoms with E-state index in [0.717, 1.165) is 4.88 Å². The number of pyridine rings is 1. The fourth-order valence-electron chi connectivity index (χ4n) is 1.18. The van der Waals surface area contributed by atoms with Crippen LogP contribution in [0.1, 0.15) is 4.88 Å². The maximum Gasteiger partial charge on any atom is 0.313 e. The van der Waals surface area contributed by atoms with Gasteiger partial charge in [-0.1, -0.05) is 11.6 Å². The molecule has 18 heavy (non-hydrogen) atoms. The summed E-state index contributed by atoms with van der Waals surface area (Å²) in [6.45, 7) is 0. The van der Waals surface area contributed by atoms with Gasteiger partial charge in [0.1, 0.15) is 0 Å². The zero-order valence-electron chi connectivity index (χ0n) is 8.91. The number of hydrogen-bond acceptors (Lipinski definition) is 6. The van der Waals surface area contributed by atoms with Crippen LogP contribution in [0.25, 0.3) is 0 Å². The molecule has 0 bridgehead atoms. The Morgan fingerprint density at radius 1 is 1.50 bits per heavy atom. The summed E-state index contributed by atoms with van der Waals surface area (Å²) in [4.78, 5) is 14.9. The molecule has 0 aromatic carbocycles. The number of nitrogens with one attached hydrogen (secondary N) is 1. The van der Waals surface area contributed by atoms with Crippen molar-refractivity contribution in [1.82, 2.24) is 4.98 Å². The van der Waals surface area contributed by atoms with E-state index in [1.54, 1.807) is 12.1 Å². The molecular weight excluding hydrogens is 276 g/mol. The van der Waals surface area contributed by atoms with Crippen LogP contribution >= 0.6 is 22.9 Å². The van der Waals surface area contributed by atoms with E-state index in [1.165, 1.54) is 35.9 Å². The summed E-state index contributed by atoms with van der Waals surface area (Å²) < 4.78 is 0.653. The number of aromatic nitrogens is 1. The first-order valence-electron chi connectivity index (χ1n) is 4.80. The van der Waals surface area contributed by atoms with E-state index in [9.17, 15) is 10.1 Å². The minimum absolute atomic E-state index is 0.0985. The summed E-state index contributed by atoms with van der Waals surface area (Å²) >= 11 is 7.11. The summed E-state index contributed by atoms with van der Waals surface area (Å²) in [5.41, 5.74) is 2.41. The molecule has 0 saturated heterocycles. The molecule has 0 aliphatic rings. The Kier molecular flexibility index (Phi) is 3.85. The van der Waals surface area contributed by atoms with E-state index in [0.29, 0.717) is 4.34 Å². The molecule has 0 aliphatic carbocycles. The minimum Gasteiger partial charge on any atom is -0.258 e. The number of hydrogen-bond donors (Lipinski definition) is 1. The van der Waals surface area contributed by atoms with Gasteiger partial charge in [-0.2, -0.15) is 5.10 Å². The van der Waals surface area contributed by atoms with E-state index >= 15 is 0 Å². The Labute approximate surface area is 111 Å². The molecule has 0 amide bonds. The lowest BCUT2D eigenvalue weighted by Crippen LogP contribution is -1.98. The smallest absolute Gasteiger partial charge is 0.258 e. The average molecular weight is 283 g/mol. The van der Waals surface area contributed by atoms with Crippen molar-refractivity contribution < 1.29 is 4.92 Å². The number of hydrazone groups is 1. The van der Waals surface area contributed by atoms with E-state index < -0.39 is 4.92 Å². The van der Waals surface area contributed by atoms with Gasteiger partial charge in [-0.3, -0.25) is 15.5 Å². The number of rotatable bonds is 4. The van der Waals surface area contributed by atoms with Crippen LogP contribution in [-0.4, -0.2) is 16.1 Å². The Morgan fingerprint density at radius 2 is 2.33 bits per heavy atom. The molecule has 2 heterocycles. The SMILES string of the molecule is O=[N+]([O-])c1cccnc1N/N=C\c1ccc(Cl)s1. The highest BCUT2D eigenvalue weighted by molar-refractivity contribution is 7.17. The Morgan fingerprint density at radius 3 is 3.00 bits per heavy atom. The summed E-state index contributed by atoms with van der Waals surface area (Å²) in [7, 11) is 0. The Balaban J connectivity index is 2.11. The van der Waals surface area contributed by atoms with Gasteiger partial charge in [0.2, 0.25) is 5.82 Å². The van der Waals surface area contributed by atoms with E-state index in [1.807, 2.05) is 0 Å². The van der Waals surface area contributed by atoms with Crippen molar-refractivity contribution in [3.63, 3.8) is 0 Å². The van der Waals surface area contributed by atoms with Gasteiger partial charge in [0, 0.05) is 17.1 Å². The van der Waals surface area contributed by atoms with Gasteiger partial charge in [-0.15, -0.1) is 11.3 Å². The first-order chi connectivity index (χ1) is 8.66. The van der Waals surface area contributed by atoms with Crippen molar-refractivity contribution in [3.8, 4) is 0 Å². The second kappa shape index (κ2) is 5.56. The van der Waals surface area contributed by atoms with Gasteiger partial charge >= 0.3 is 5.69 Å². The van der Waals surface area contributed by atoms with Crippen molar-refractivity contribution in [3.05, 3.63) is 49.8 Å². The topological polar surface area (TPSA) is 80.4 Å². The van der Waals surface area contributed by atoms with Gasteiger partial charge in [0.25, 0.3) is 0 Å². The standard InChI is InChI=1S/C10H7ClN4O2S/c11-9-4-3-7(18-9)6-13-14-10-8(15(16)17)2-1-5-12-10/h1-6H,(H,12,14)/b13-6-. The van der Waals surface area contributed by atoms with Crippen LogP contribution in [0.3, 0.4) is 0 Å². The lowest BCUT2D eigenvalue weighted by atomic mass is 10.4. The zero-order valence-corrected chi connectivity index (χ0v) is 10.5. The first kappa shape index (κ1) is 12.5. The third-order valence-corrected chi connectivity index (χ3v) is 3.11. The molecule has 0 fully saturated rings. The minimum atomic E-state index is -0.521. The number of nitro groups is 1. The number of nitrogens with zero attached hydrogens (tertiary/aromatic N) is 3. The predicted molar refractivity (Wildman–Crippen MR) is 71.4 cm³/mol. The van der Waals surface area contributed by atoms with Crippen LogP contribution in [-0.2, 0) is 0 Å². The molecule has 1 N–H and O–H groups in total. The van der Waals surface area contributed by atoms with Gasteiger partial charge in [-0.05, 0) is 18.2 Å². The highest BCUT2D eigenvalue weighted by Gasteiger charge is 2.12. The number of halogens is 1. The Bertz CT molecular complexity index is 599. The van der Waals surface area contributed by atoms with Crippen LogP contribution < -0.4 is 5.43 Å². The van der Waals surface area contributed by atoms with Crippen LogP contribution in [0.5, 0.6) is 0 Å². The van der Waals surface area contributed by atoms with Crippen molar-refractivity contribution in [2.45, 2.75) is 0 Å². The second-order valence-electron chi connectivity index (χ2n) is 3.14. The third-order valence-electron chi connectivity index (χ3n) is 1.94. The summed E-state index contributed by atoms with van der Waals surface area (Å²) in [6.07, 6.45) is 2.97. The molecule has 0 atom stereocenters. The lowest BCUT2D eigenvalue weighted by Gasteiger charge is -1.99. The largest absolute Gasteiger partial charge is 0.313 e. The molecule has 0 spiro atoms. The van der Waals surface area contributed by atoms with Crippen molar-refractivity contribution in [2.75, 3.05) is 5.43 Å². The normalized spacial score (nSPS) is 10.7. The fourth-order valence-corrected chi connectivity index (χ4v) is 2.12. The lowest BCUT2D eigenvalue weighted by molar-refractivity contribution is -0.384. The monoisotopic (exact) mass is 282 g/mol.